The molecule has 0 heterocycles. The highest BCUT2D eigenvalue weighted by atomic mass is 79.9. The first kappa shape index (κ1) is 14.0. The second-order valence-corrected chi connectivity index (χ2v) is 6.28. The fourth-order valence-corrected chi connectivity index (χ4v) is 2.87. The molecule has 1 aliphatic carbocycles. The Bertz CT molecular complexity index is 355. The van der Waals surface area contributed by atoms with Crippen LogP contribution in [0.3, 0.4) is 0 Å². The molecule has 1 fully saturated rings. The van der Waals surface area contributed by atoms with Gasteiger partial charge in [0.25, 0.3) is 0 Å². The first-order valence-corrected chi connectivity index (χ1v) is 7.65. The van der Waals surface area contributed by atoms with Crippen LogP contribution >= 0.6 is 15.9 Å². The summed E-state index contributed by atoms with van der Waals surface area (Å²) in [6.45, 7) is 1.54. The number of benzene rings is 1. The summed E-state index contributed by atoms with van der Waals surface area (Å²) in [5, 5.41) is 13.9. The summed E-state index contributed by atoms with van der Waals surface area (Å²) in [5.41, 5.74) is 0.779. The topological polar surface area (TPSA) is 32.3 Å². The van der Waals surface area contributed by atoms with Gasteiger partial charge in [-0.05, 0) is 30.5 Å². The predicted octanol–water partition coefficient (Wildman–Crippen LogP) is 3.62. The van der Waals surface area contributed by atoms with Crippen LogP contribution in [0.1, 0.15) is 44.1 Å². The van der Waals surface area contributed by atoms with Gasteiger partial charge in [0, 0.05) is 17.6 Å². The normalized spacial score (nSPS) is 19.4. The van der Waals surface area contributed by atoms with Crippen LogP contribution in [0.5, 0.6) is 0 Å². The third kappa shape index (κ3) is 4.38. The van der Waals surface area contributed by atoms with Crippen LogP contribution in [0, 0.1) is 0 Å². The van der Waals surface area contributed by atoms with Gasteiger partial charge in [0.15, 0.2) is 0 Å². The molecule has 3 heteroatoms. The summed E-state index contributed by atoms with van der Waals surface area (Å²) in [5.74, 6) is 0. The molecule has 1 aromatic carbocycles. The van der Waals surface area contributed by atoms with Crippen LogP contribution in [0.4, 0.5) is 0 Å². The highest BCUT2D eigenvalue weighted by Crippen LogP contribution is 2.26. The smallest absolute Gasteiger partial charge is 0.0771 e. The zero-order valence-electron chi connectivity index (χ0n) is 10.8. The third-order valence-electron chi connectivity index (χ3n) is 3.73. The molecule has 2 N–H and O–H groups in total. The number of hydrogen-bond acceptors (Lipinski definition) is 2. The van der Waals surface area contributed by atoms with Gasteiger partial charge in [-0.15, -0.1) is 0 Å². The molecule has 0 amide bonds. The summed E-state index contributed by atoms with van der Waals surface area (Å²) >= 11 is 3.43. The van der Waals surface area contributed by atoms with Gasteiger partial charge in [0.2, 0.25) is 0 Å². The molecule has 2 rings (SSSR count). The van der Waals surface area contributed by atoms with E-state index in [2.05, 4.69) is 45.5 Å². The van der Waals surface area contributed by atoms with E-state index in [9.17, 15) is 5.11 Å². The van der Waals surface area contributed by atoms with Crippen molar-refractivity contribution in [2.24, 2.45) is 0 Å². The van der Waals surface area contributed by atoms with Crippen LogP contribution in [0.15, 0.2) is 28.7 Å². The Labute approximate surface area is 118 Å². The molecule has 100 valence electrons. The van der Waals surface area contributed by atoms with E-state index in [1.54, 1.807) is 0 Å². The van der Waals surface area contributed by atoms with Crippen LogP contribution in [0.25, 0.3) is 0 Å². The summed E-state index contributed by atoms with van der Waals surface area (Å²) in [6, 6.07) is 8.32. The molecule has 1 aromatic rings. The highest BCUT2D eigenvalue weighted by Gasteiger charge is 2.27. The van der Waals surface area contributed by atoms with Crippen LogP contribution < -0.4 is 5.32 Å². The number of nitrogens with one attached hydrogen (secondary N) is 1. The summed E-state index contributed by atoms with van der Waals surface area (Å²) < 4.78 is 1.11. The predicted molar refractivity (Wildman–Crippen MR) is 78.5 cm³/mol. The molecule has 0 radical (unpaired) electrons. The Morgan fingerprint density at radius 1 is 1.06 bits per heavy atom. The second-order valence-electron chi connectivity index (χ2n) is 5.37. The van der Waals surface area contributed by atoms with Crippen molar-refractivity contribution in [3.05, 3.63) is 34.3 Å². The summed E-state index contributed by atoms with van der Waals surface area (Å²) in [4.78, 5) is 0. The number of hydrogen-bond donors (Lipinski definition) is 2. The minimum absolute atomic E-state index is 0.480. The molecular weight excluding hydrogens is 290 g/mol. The molecule has 0 unspecified atom stereocenters. The Morgan fingerprint density at radius 3 is 2.28 bits per heavy atom. The molecular formula is C15H22BrNO. The van der Waals surface area contributed by atoms with Gasteiger partial charge in [-0.2, -0.15) is 0 Å². The Hall–Kier alpha value is -0.380. The molecule has 0 atom stereocenters. The van der Waals surface area contributed by atoms with Crippen molar-refractivity contribution in [1.29, 1.82) is 0 Å². The lowest BCUT2D eigenvalue weighted by Gasteiger charge is -2.27. The van der Waals surface area contributed by atoms with E-state index in [1.165, 1.54) is 18.4 Å². The molecule has 1 aliphatic rings. The first-order valence-electron chi connectivity index (χ1n) is 6.86. The van der Waals surface area contributed by atoms with Gasteiger partial charge in [0.05, 0.1) is 5.60 Å². The standard InChI is InChI=1S/C15H22BrNO/c16-14-7-5-13(6-8-14)11-17-12-15(18)9-3-1-2-4-10-15/h5-8,17-18H,1-4,9-12H2. The quantitative estimate of drug-likeness (QED) is 0.832. The lowest BCUT2D eigenvalue weighted by Crippen LogP contribution is -2.39. The van der Waals surface area contributed by atoms with E-state index in [1.807, 2.05) is 0 Å². The monoisotopic (exact) mass is 311 g/mol. The number of halogens is 1. The van der Waals surface area contributed by atoms with Crippen LogP contribution in [-0.4, -0.2) is 17.3 Å². The van der Waals surface area contributed by atoms with E-state index < -0.39 is 5.60 Å². The minimum atomic E-state index is -0.480. The zero-order chi connectivity index (χ0) is 12.8. The fourth-order valence-electron chi connectivity index (χ4n) is 2.61. The lowest BCUT2D eigenvalue weighted by molar-refractivity contribution is 0.0250. The van der Waals surface area contributed by atoms with Gasteiger partial charge in [-0.3, -0.25) is 0 Å². The van der Waals surface area contributed by atoms with Crippen molar-refractivity contribution in [1.82, 2.24) is 5.32 Å². The van der Waals surface area contributed by atoms with Crippen molar-refractivity contribution < 1.29 is 5.11 Å². The molecule has 0 aromatic heterocycles. The maximum atomic E-state index is 10.5. The first-order chi connectivity index (χ1) is 8.68. The van der Waals surface area contributed by atoms with Crippen LogP contribution in [0.2, 0.25) is 0 Å². The number of aliphatic hydroxyl groups is 1. The van der Waals surface area contributed by atoms with Gasteiger partial charge in [0.1, 0.15) is 0 Å². The molecule has 18 heavy (non-hydrogen) atoms. The fraction of sp³-hybridized carbons (Fsp3) is 0.600. The van der Waals surface area contributed by atoms with E-state index in [0.29, 0.717) is 6.54 Å². The molecule has 0 bridgehead atoms. The van der Waals surface area contributed by atoms with Gasteiger partial charge in [-0.1, -0.05) is 53.7 Å². The third-order valence-corrected chi connectivity index (χ3v) is 4.26. The van der Waals surface area contributed by atoms with Crippen molar-refractivity contribution in [2.75, 3.05) is 6.54 Å². The number of rotatable bonds is 4. The molecule has 0 spiro atoms. The highest BCUT2D eigenvalue weighted by molar-refractivity contribution is 9.10. The summed E-state index contributed by atoms with van der Waals surface area (Å²) in [7, 11) is 0. The summed E-state index contributed by atoms with van der Waals surface area (Å²) in [6.07, 6.45) is 6.76. The zero-order valence-corrected chi connectivity index (χ0v) is 12.4. The molecule has 0 aliphatic heterocycles. The molecule has 1 saturated carbocycles. The average molecular weight is 312 g/mol. The van der Waals surface area contributed by atoms with Crippen LogP contribution in [-0.2, 0) is 6.54 Å². The Morgan fingerprint density at radius 2 is 1.67 bits per heavy atom. The van der Waals surface area contributed by atoms with Gasteiger partial charge < -0.3 is 10.4 Å². The Kier molecular flexibility index (Phi) is 5.22. The largest absolute Gasteiger partial charge is 0.389 e. The van der Waals surface area contributed by atoms with Crippen molar-refractivity contribution >= 4 is 15.9 Å². The van der Waals surface area contributed by atoms with E-state index >= 15 is 0 Å². The van der Waals surface area contributed by atoms with E-state index in [-0.39, 0.29) is 0 Å². The second kappa shape index (κ2) is 6.69. The minimum Gasteiger partial charge on any atom is -0.389 e. The van der Waals surface area contributed by atoms with E-state index in [0.717, 1.165) is 36.7 Å². The maximum absolute atomic E-state index is 10.5. The maximum Gasteiger partial charge on any atom is 0.0771 e. The van der Waals surface area contributed by atoms with Gasteiger partial charge >= 0.3 is 0 Å². The Balaban J connectivity index is 1.78. The van der Waals surface area contributed by atoms with E-state index in [4.69, 9.17) is 0 Å². The van der Waals surface area contributed by atoms with Crippen molar-refractivity contribution in [3.63, 3.8) is 0 Å². The lowest BCUT2D eigenvalue weighted by atomic mass is 9.94. The van der Waals surface area contributed by atoms with Gasteiger partial charge in [-0.25, -0.2) is 0 Å². The molecule has 0 saturated heterocycles. The SMILES string of the molecule is OC1(CNCc2ccc(Br)cc2)CCCCCC1. The molecule has 2 nitrogen and oxygen atoms in total. The average Bonchev–Trinajstić information content (AvgIpc) is 2.57. The van der Waals surface area contributed by atoms with Crippen molar-refractivity contribution in [2.45, 2.75) is 50.7 Å². The van der Waals surface area contributed by atoms with Crippen molar-refractivity contribution in [3.8, 4) is 0 Å².